The minimum atomic E-state index is -0.911. The molecule has 0 spiro atoms. The SMILES string of the molecule is CC(c1ccccc1)N1CC(C(=O)N2CCCC2C(C)(C)O)CC1=O. The van der Waals surface area contributed by atoms with Crippen LogP contribution in [-0.4, -0.2) is 51.5 Å². The van der Waals surface area contributed by atoms with Crippen LogP contribution in [0.15, 0.2) is 30.3 Å². The van der Waals surface area contributed by atoms with Crippen LogP contribution in [0, 0.1) is 5.92 Å². The van der Waals surface area contributed by atoms with Crippen LogP contribution in [0.4, 0.5) is 0 Å². The Kier molecular flexibility index (Phi) is 4.87. The van der Waals surface area contributed by atoms with E-state index in [1.807, 2.05) is 42.2 Å². The largest absolute Gasteiger partial charge is 0.388 e. The minimum Gasteiger partial charge on any atom is -0.388 e. The summed E-state index contributed by atoms with van der Waals surface area (Å²) in [7, 11) is 0. The van der Waals surface area contributed by atoms with Gasteiger partial charge in [0.2, 0.25) is 11.8 Å². The highest BCUT2D eigenvalue weighted by molar-refractivity contribution is 5.89. The van der Waals surface area contributed by atoms with Crippen molar-refractivity contribution >= 4 is 11.8 Å². The number of rotatable bonds is 4. The lowest BCUT2D eigenvalue weighted by atomic mass is 9.95. The summed E-state index contributed by atoms with van der Waals surface area (Å²) in [6.07, 6.45) is 2.00. The number of likely N-dealkylation sites (tertiary alicyclic amines) is 2. The standard InChI is InChI=1S/C20H28N2O3/c1-14(15-8-5-4-6-9-15)22-13-16(12-18(22)23)19(24)21-11-7-10-17(21)20(2,3)25/h4-6,8-9,14,16-17,25H,7,10-13H2,1-3H3. The molecule has 5 heteroatoms. The van der Waals surface area contributed by atoms with Crippen molar-refractivity contribution in [1.82, 2.24) is 9.80 Å². The van der Waals surface area contributed by atoms with Crippen molar-refractivity contribution in [2.75, 3.05) is 13.1 Å². The van der Waals surface area contributed by atoms with Gasteiger partial charge in [0.15, 0.2) is 0 Å². The average molecular weight is 344 g/mol. The zero-order valence-electron chi connectivity index (χ0n) is 15.3. The molecule has 3 atom stereocenters. The maximum absolute atomic E-state index is 13.0. The molecule has 1 N–H and O–H groups in total. The maximum atomic E-state index is 13.0. The van der Waals surface area contributed by atoms with Gasteiger partial charge in [0.05, 0.1) is 23.6 Å². The van der Waals surface area contributed by atoms with Gasteiger partial charge in [-0.1, -0.05) is 30.3 Å². The van der Waals surface area contributed by atoms with Gasteiger partial charge in [-0.25, -0.2) is 0 Å². The monoisotopic (exact) mass is 344 g/mol. The van der Waals surface area contributed by atoms with E-state index in [1.165, 1.54) is 0 Å². The molecule has 2 heterocycles. The van der Waals surface area contributed by atoms with Gasteiger partial charge < -0.3 is 14.9 Å². The molecule has 136 valence electrons. The molecular weight excluding hydrogens is 316 g/mol. The van der Waals surface area contributed by atoms with E-state index in [9.17, 15) is 14.7 Å². The summed E-state index contributed by atoms with van der Waals surface area (Å²) in [4.78, 5) is 29.1. The molecule has 1 aromatic rings. The molecule has 0 aliphatic carbocycles. The first-order valence-corrected chi connectivity index (χ1v) is 9.16. The number of amides is 2. The summed E-state index contributed by atoms with van der Waals surface area (Å²) in [5.41, 5.74) is 0.172. The predicted octanol–water partition coefficient (Wildman–Crippen LogP) is 2.36. The predicted molar refractivity (Wildman–Crippen MR) is 95.7 cm³/mol. The topological polar surface area (TPSA) is 60.9 Å². The van der Waals surface area contributed by atoms with E-state index in [1.54, 1.807) is 18.7 Å². The van der Waals surface area contributed by atoms with Crippen LogP contribution in [0.5, 0.6) is 0 Å². The molecule has 0 radical (unpaired) electrons. The molecule has 2 aliphatic heterocycles. The Morgan fingerprint density at radius 3 is 2.60 bits per heavy atom. The second-order valence-corrected chi connectivity index (χ2v) is 7.88. The zero-order valence-corrected chi connectivity index (χ0v) is 15.3. The number of carbonyl (C=O) groups excluding carboxylic acids is 2. The third-order valence-corrected chi connectivity index (χ3v) is 5.61. The average Bonchev–Trinajstić information content (AvgIpc) is 3.21. The van der Waals surface area contributed by atoms with Gasteiger partial charge >= 0.3 is 0 Å². The molecule has 3 unspecified atom stereocenters. The Bertz CT molecular complexity index is 638. The number of hydrogen-bond acceptors (Lipinski definition) is 3. The van der Waals surface area contributed by atoms with Crippen molar-refractivity contribution in [2.24, 2.45) is 5.92 Å². The Morgan fingerprint density at radius 1 is 1.28 bits per heavy atom. The van der Waals surface area contributed by atoms with Crippen LogP contribution in [-0.2, 0) is 9.59 Å². The van der Waals surface area contributed by atoms with E-state index in [0.717, 1.165) is 18.4 Å². The molecular formula is C20H28N2O3. The summed E-state index contributed by atoms with van der Waals surface area (Å²) in [5, 5.41) is 10.3. The van der Waals surface area contributed by atoms with Crippen molar-refractivity contribution in [1.29, 1.82) is 0 Å². The molecule has 0 aromatic heterocycles. The van der Waals surface area contributed by atoms with Crippen LogP contribution < -0.4 is 0 Å². The van der Waals surface area contributed by atoms with Crippen LogP contribution in [0.1, 0.15) is 51.6 Å². The Hall–Kier alpha value is -1.88. The van der Waals surface area contributed by atoms with Gasteiger partial charge in [0.25, 0.3) is 0 Å². The molecule has 2 saturated heterocycles. The highest BCUT2D eigenvalue weighted by atomic mass is 16.3. The highest BCUT2D eigenvalue weighted by Gasteiger charge is 2.44. The molecule has 1 aromatic carbocycles. The van der Waals surface area contributed by atoms with E-state index in [-0.39, 0.29) is 36.2 Å². The summed E-state index contributed by atoms with van der Waals surface area (Å²) in [5.74, 6) is -0.254. The van der Waals surface area contributed by atoms with Gasteiger partial charge in [0.1, 0.15) is 0 Å². The van der Waals surface area contributed by atoms with E-state index in [0.29, 0.717) is 13.1 Å². The molecule has 2 fully saturated rings. The fourth-order valence-electron chi connectivity index (χ4n) is 4.18. The number of nitrogens with zero attached hydrogens (tertiary/aromatic N) is 2. The van der Waals surface area contributed by atoms with Crippen molar-refractivity contribution in [3.8, 4) is 0 Å². The molecule has 0 saturated carbocycles. The van der Waals surface area contributed by atoms with Crippen molar-refractivity contribution < 1.29 is 14.7 Å². The molecule has 2 amide bonds. The molecule has 0 bridgehead atoms. The van der Waals surface area contributed by atoms with Crippen molar-refractivity contribution in [3.63, 3.8) is 0 Å². The third-order valence-electron chi connectivity index (χ3n) is 5.61. The molecule has 2 aliphatic rings. The van der Waals surface area contributed by atoms with Crippen LogP contribution >= 0.6 is 0 Å². The smallest absolute Gasteiger partial charge is 0.228 e. The molecule has 5 nitrogen and oxygen atoms in total. The minimum absolute atomic E-state index is 0.0146. The van der Waals surface area contributed by atoms with Gasteiger partial charge in [-0.3, -0.25) is 9.59 Å². The second kappa shape index (κ2) is 6.79. The molecule has 25 heavy (non-hydrogen) atoms. The lowest BCUT2D eigenvalue weighted by Crippen LogP contribution is -2.50. The van der Waals surface area contributed by atoms with Gasteiger partial charge in [0, 0.05) is 19.5 Å². The Labute approximate surface area is 149 Å². The maximum Gasteiger partial charge on any atom is 0.228 e. The third kappa shape index (κ3) is 3.56. The summed E-state index contributed by atoms with van der Waals surface area (Å²) in [6.45, 7) is 6.66. The van der Waals surface area contributed by atoms with Crippen LogP contribution in [0.2, 0.25) is 0 Å². The molecule has 3 rings (SSSR count). The van der Waals surface area contributed by atoms with Crippen LogP contribution in [0.25, 0.3) is 0 Å². The zero-order chi connectivity index (χ0) is 18.2. The Balaban J connectivity index is 1.71. The Morgan fingerprint density at radius 2 is 1.96 bits per heavy atom. The van der Waals surface area contributed by atoms with Crippen molar-refractivity contribution in [2.45, 2.75) is 57.7 Å². The first-order valence-electron chi connectivity index (χ1n) is 9.16. The summed E-state index contributed by atoms with van der Waals surface area (Å²) >= 11 is 0. The normalized spacial score (nSPS) is 25.5. The number of aliphatic hydroxyl groups is 1. The lowest BCUT2D eigenvalue weighted by molar-refractivity contribution is -0.141. The van der Waals surface area contributed by atoms with Gasteiger partial charge in [-0.15, -0.1) is 0 Å². The lowest BCUT2D eigenvalue weighted by Gasteiger charge is -2.35. The van der Waals surface area contributed by atoms with Gasteiger partial charge in [-0.2, -0.15) is 0 Å². The number of hydrogen-bond donors (Lipinski definition) is 1. The van der Waals surface area contributed by atoms with Crippen molar-refractivity contribution in [3.05, 3.63) is 35.9 Å². The highest BCUT2D eigenvalue weighted by Crippen LogP contribution is 2.33. The van der Waals surface area contributed by atoms with E-state index >= 15 is 0 Å². The first-order chi connectivity index (χ1) is 11.8. The summed E-state index contributed by atoms with van der Waals surface area (Å²) < 4.78 is 0. The summed E-state index contributed by atoms with van der Waals surface area (Å²) in [6, 6.07) is 9.72. The van der Waals surface area contributed by atoms with E-state index < -0.39 is 5.60 Å². The van der Waals surface area contributed by atoms with Gasteiger partial charge in [-0.05, 0) is 39.2 Å². The quantitative estimate of drug-likeness (QED) is 0.912. The second-order valence-electron chi connectivity index (χ2n) is 7.88. The fraction of sp³-hybridized carbons (Fsp3) is 0.600. The fourth-order valence-corrected chi connectivity index (χ4v) is 4.18. The number of carbonyl (C=O) groups is 2. The first kappa shape index (κ1) is 17.9. The number of benzene rings is 1. The van der Waals surface area contributed by atoms with E-state index in [4.69, 9.17) is 0 Å². The van der Waals surface area contributed by atoms with E-state index in [2.05, 4.69) is 0 Å². The van der Waals surface area contributed by atoms with Crippen LogP contribution in [0.3, 0.4) is 0 Å².